The molecule has 0 bridgehead atoms. The molecule has 0 unspecified atom stereocenters. The van der Waals surface area contributed by atoms with Crippen molar-refractivity contribution in [3.05, 3.63) is 41.5 Å². The van der Waals surface area contributed by atoms with E-state index < -0.39 is 0 Å². The summed E-state index contributed by atoms with van der Waals surface area (Å²) in [6, 6.07) is 9.95. The van der Waals surface area contributed by atoms with Crippen LogP contribution < -0.4 is 14.2 Å². The van der Waals surface area contributed by atoms with E-state index in [-0.39, 0.29) is 5.78 Å². The van der Waals surface area contributed by atoms with Crippen molar-refractivity contribution < 1.29 is 19.0 Å². The highest BCUT2D eigenvalue weighted by Crippen LogP contribution is 2.45. The van der Waals surface area contributed by atoms with Gasteiger partial charge in [-0.2, -0.15) is 0 Å². The van der Waals surface area contributed by atoms with Crippen molar-refractivity contribution >= 4 is 27.3 Å². The lowest BCUT2D eigenvalue weighted by molar-refractivity contribution is 0.0971. The molecule has 0 N–H and O–H groups in total. The van der Waals surface area contributed by atoms with Crippen molar-refractivity contribution in [2.75, 3.05) is 21.3 Å². The molecule has 3 rings (SSSR count). The number of carbonyl (C=O) groups excluding carboxylic acids is 1. The highest BCUT2D eigenvalue weighted by molar-refractivity contribution is 6.18. The molecule has 0 amide bonds. The highest BCUT2D eigenvalue weighted by Gasteiger charge is 2.25. The van der Waals surface area contributed by atoms with Crippen molar-refractivity contribution in [2.24, 2.45) is 5.92 Å². The van der Waals surface area contributed by atoms with E-state index in [0.29, 0.717) is 29.4 Å². The fourth-order valence-electron chi connectivity index (χ4n) is 3.90. The van der Waals surface area contributed by atoms with Crippen molar-refractivity contribution in [1.82, 2.24) is 0 Å². The molecule has 0 aliphatic heterocycles. The highest BCUT2D eigenvalue weighted by atomic mass is 16.5. The molecule has 148 valence electrons. The van der Waals surface area contributed by atoms with Crippen LogP contribution in [0, 0.1) is 12.8 Å². The fourth-order valence-corrected chi connectivity index (χ4v) is 3.90. The Balaban J connectivity index is 2.42. The van der Waals surface area contributed by atoms with Crippen molar-refractivity contribution in [1.29, 1.82) is 0 Å². The van der Waals surface area contributed by atoms with Crippen LogP contribution in [0.5, 0.6) is 17.2 Å². The van der Waals surface area contributed by atoms with Gasteiger partial charge in [-0.25, -0.2) is 0 Å². The Labute approximate surface area is 166 Å². The second-order valence-corrected chi connectivity index (χ2v) is 7.47. The monoisotopic (exact) mass is 380 g/mol. The number of Topliss-reactive ketones (excluding diaryl/α,β-unsaturated/α-hetero) is 1. The SMILES string of the molecule is COc1cccc2c1ccc1c(OC)c(C)c(C(=O)CCC(C)C)c(OC)c12. The maximum Gasteiger partial charge on any atom is 0.167 e. The minimum Gasteiger partial charge on any atom is -0.496 e. The number of hydrogen-bond donors (Lipinski definition) is 0. The van der Waals surface area contributed by atoms with E-state index in [1.807, 2.05) is 37.3 Å². The van der Waals surface area contributed by atoms with Gasteiger partial charge in [0, 0.05) is 28.1 Å². The molecule has 0 aliphatic rings. The summed E-state index contributed by atoms with van der Waals surface area (Å²) in [7, 11) is 4.93. The third-order valence-electron chi connectivity index (χ3n) is 5.29. The van der Waals surface area contributed by atoms with Crippen molar-refractivity contribution in [3.8, 4) is 17.2 Å². The Kier molecular flexibility index (Phi) is 5.78. The van der Waals surface area contributed by atoms with Gasteiger partial charge in [-0.05, 0) is 42.8 Å². The van der Waals surface area contributed by atoms with Crippen molar-refractivity contribution in [2.45, 2.75) is 33.6 Å². The molecule has 3 aromatic carbocycles. The van der Waals surface area contributed by atoms with Gasteiger partial charge in [-0.15, -0.1) is 0 Å². The van der Waals surface area contributed by atoms with Crippen LogP contribution in [-0.2, 0) is 0 Å². The van der Waals surface area contributed by atoms with Gasteiger partial charge in [0.2, 0.25) is 0 Å². The molecule has 0 aromatic heterocycles. The molecule has 0 fully saturated rings. The third-order valence-corrected chi connectivity index (χ3v) is 5.29. The standard InChI is InChI=1S/C24H28O4/c1-14(2)10-13-19(25)21-15(3)23(27-5)18-12-11-16-17(22(18)24(21)28-6)8-7-9-20(16)26-4/h7-9,11-12,14H,10,13H2,1-6H3. The second-order valence-electron chi connectivity index (χ2n) is 7.47. The Morgan fingerprint density at radius 3 is 2.18 bits per heavy atom. The molecule has 0 spiro atoms. The van der Waals surface area contributed by atoms with E-state index >= 15 is 0 Å². The van der Waals surface area contributed by atoms with Gasteiger partial charge < -0.3 is 14.2 Å². The number of benzene rings is 3. The number of methoxy groups -OCH3 is 3. The van der Waals surface area contributed by atoms with E-state index in [0.717, 1.165) is 39.3 Å². The van der Waals surface area contributed by atoms with E-state index in [9.17, 15) is 4.79 Å². The van der Waals surface area contributed by atoms with Crippen LogP contribution in [0.25, 0.3) is 21.5 Å². The summed E-state index contributed by atoms with van der Waals surface area (Å²) in [6.07, 6.45) is 1.32. The van der Waals surface area contributed by atoms with Crippen LogP contribution in [0.3, 0.4) is 0 Å². The number of rotatable bonds is 7. The zero-order valence-electron chi connectivity index (χ0n) is 17.5. The maximum absolute atomic E-state index is 13.2. The fraction of sp³-hybridized carbons (Fsp3) is 0.375. The molecule has 0 aliphatic carbocycles. The molecular formula is C24H28O4. The summed E-state index contributed by atoms with van der Waals surface area (Å²) in [5.74, 6) is 2.66. The minimum absolute atomic E-state index is 0.0862. The van der Waals surface area contributed by atoms with Crippen LogP contribution in [-0.4, -0.2) is 27.1 Å². The smallest absolute Gasteiger partial charge is 0.167 e. The van der Waals surface area contributed by atoms with Gasteiger partial charge in [0.1, 0.15) is 17.2 Å². The van der Waals surface area contributed by atoms with Gasteiger partial charge in [-0.3, -0.25) is 4.79 Å². The van der Waals surface area contributed by atoms with Gasteiger partial charge in [0.15, 0.2) is 5.78 Å². The number of ketones is 1. The van der Waals surface area contributed by atoms with Crippen LogP contribution in [0.2, 0.25) is 0 Å². The Bertz CT molecular complexity index is 1030. The first-order chi connectivity index (χ1) is 13.4. The van der Waals surface area contributed by atoms with Crippen LogP contribution in [0.15, 0.2) is 30.3 Å². The lowest BCUT2D eigenvalue weighted by Crippen LogP contribution is -2.08. The third kappa shape index (κ3) is 3.28. The maximum atomic E-state index is 13.2. The minimum atomic E-state index is 0.0862. The summed E-state index contributed by atoms with van der Waals surface area (Å²) in [4.78, 5) is 13.2. The Morgan fingerprint density at radius 1 is 0.893 bits per heavy atom. The average molecular weight is 380 g/mol. The van der Waals surface area contributed by atoms with Gasteiger partial charge in [0.05, 0.1) is 26.9 Å². The molecule has 0 atom stereocenters. The topological polar surface area (TPSA) is 44.8 Å². The molecule has 4 heteroatoms. The molecule has 28 heavy (non-hydrogen) atoms. The predicted octanol–water partition coefficient (Wildman–Crippen LogP) is 5.95. The largest absolute Gasteiger partial charge is 0.496 e. The lowest BCUT2D eigenvalue weighted by atomic mass is 9.90. The van der Waals surface area contributed by atoms with E-state index in [1.54, 1.807) is 21.3 Å². The van der Waals surface area contributed by atoms with E-state index in [4.69, 9.17) is 14.2 Å². The quantitative estimate of drug-likeness (QED) is 0.375. The van der Waals surface area contributed by atoms with Crippen LogP contribution in [0.4, 0.5) is 0 Å². The zero-order chi connectivity index (χ0) is 20.4. The number of hydrogen-bond acceptors (Lipinski definition) is 4. The molecule has 0 heterocycles. The summed E-state index contributed by atoms with van der Waals surface area (Å²) in [6.45, 7) is 6.18. The number of ether oxygens (including phenoxy) is 3. The first-order valence-electron chi connectivity index (χ1n) is 9.61. The summed E-state index contributed by atoms with van der Waals surface area (Å²) in [5, 5.41) is 3.76. The van der Waals surface area contributed by atoms with E-state index in [1.165, 1.54) is 0 Å². The van der Waals surface area contributed by atoms with Gasteiger partial charge >= 0.3 is 0 Å². The predicted molar refractivity (Wildman–Crippen MR) is 114 cm³/mol. The molecule has 3 aromatic rings. The Hall–Kier alpha value is -2.75. The van der Waals surface area contributed by atoms with E-state index in [2.05, 4.69) is 13.8 Å². The average Bonchev–Trinajstić information content (AvgIpc) is 2.70. The second kappa shape index (κ2) is 8.09. The molecule has 4 nitrogen and oxygen atoms in total. The summed E-state index contributed by atoms with van der Waals surface area (Å²) in [5.41, 5.74) is 1.44. The van der Waals surface area contributed by atoms with Gasteiger partial charge in [-0.1, -0.05) is 26.0 Å². The molecule has 0 saturated carbocycles. The molecular weight excluding hydrogens is 352 g/mol. The lowest BCUT2D eigenvalue weighted by Gasteiger charge is -2.20. The zero-order valence-corrected chi connectivity index (χ0v) is 17.5. The Morgan fingerprint density at radius 2 is 1.57 bits per heavy atom. The van der Waals surface area contributed by atoms with Crippen molar-refractivity contribution in [3.63, 3.8) is 0 Å². The first kappa shape index (κ1) is 20.0. The molecule has 0 radical (unpaired) electrons. The van der Waals surface area contributed by atoms with Gasteiger partial charge in [0.25, 0.3) is 0 Å². The number of carbonyl (C=O) groups is 1. The normalized spacial score (nSPS) is 11.2. The number of fused-ring (bicyclic) bond motifs is 3. The van der Waals surface area contributed by atoms with Crippen LogP contribution >= 0.6 is 0 Å². The van der Waals surface area contributed by atoms with Crippen LogP contribution in [0.1, 0.15) is 42.6 Å². The molecule has 0 saturated heterocycles. The summed E-state index contributed by atoms with van der Waals surface area (Å²) >= 11 is 0. The summed E-state index contributed by atoms with van der Waals surface area (Å²) < 4.78 is 17.1. The first-order valence-corrected chi connectivity index (χ1v) is 9.61.